The second kappa shape index (κ2) is 2.94. The van der Waals surface area contributed by atoms with Gasteiger partial charge in [0.25, 0.3) is 0 Å². The lowest BCUT2D eigenvalue weighted by atomic mass is 10.2. The van der Waals surface area contributed by atoms with Gasteiger partial charge in [-0.1, -0.05) is 12.1 Å². The van der Waals surface area contributed by atoms with Crippen LogP contribution in [0.3, 0.4) is 0 Å². The molecule has 0 spiro atoms. The Morgan fingerprint density at radius 3 is 2.79 bits per heavy atom. The first-order valence-electron chi connectivity index (χ1n) is 3.70. The van der Waals surface area contributed by atoms with Crippen LogP contribution in [0.5, 0.6) is 5.75 Å². The molecule has 1 radical (unpaired) electrons. The van der Waals surface area contributed by atoms with Gasteiger partial charge in [-0.25, -0.2) is 0 Å². The predicted octanol–water partition coefficient (Wildman–Crippen LogP) is 3.13. The molecule has 0 unspecified atom stereocenters. The second-order valence-corrected chi connectivity index (χ2v) is 2.60. The Morgan fingerprint density at radius 1 is 1.29 bits per heavy atom. The molecule has 0 atom stereocenters. The maximum absolute atomic E-state index is 11.9. The van der Waals surface area contributed by atoms with Crippen LogP contribution >= 0.6 is 0 Å². The van der Waals surface area contributed by atoms with E-state index in [-0.39, 0.29) is 11.1 Å². The molecule has 14 heavy (non-hydrogen) atoms. The van der Waals surface area contributed by atoms with E-state index in [4.69, 9.17) is 0 Å². The van der Waals surface area contributed by atoms with E-state index in [2.05, 4.69) is 15.4 Å². The van der Waals surface area contributed by atoms with E-state index >= 15 is 0 Å². The van der Waals surface area contributed by atoms with Crippen LogP contribution < -0.4 is 4.74 Å². The van der Waals surface area contributed by atoms with Crippen molar-refractivity contribution in [2.24, 2.45) is 0 Å². The van der Waals surface area contributed by atoms with Crippen molar-refractivity contribution < 1.29 is 22.3 Å². The number of hydrogen-bond acceptors (Lipinski definition) is 2. The number of alkyl halides is 3. The molecule has 2 nitrogen and oxygen atoms in total. The lowest BCUT2D eigenvalue weighted by Gasteiger charge is -2.08. The molecule has 0 aliphatic rings. The van der Waals surface area contributed by atoms with Crippen LogP contribution in [0.1, 0.15) is 0 Å². The van der Waals surface area contributed by atoms with Gasteiger partial charge in [0.05, 0.1) is 5.39 Å². The van der Waals surface area contributed by atoms with Crippen LogP contribution in [-0.2, 0) is 0 Å². The normalized spacial score (nSPS) is 11.9. The molecule has 1 heterocycles. The number of fused-ring (bicyclic) bond motifs is 1. The zero-order valence-electron chi connectivity index (χ0n) is 6.76. The minimum Gasteiger partial charge on any atom is -0.460 e. The fraction of sp³-hybridized carbons (Fsp3) is 0.111. The van der Waals surface area contributed by atoms with Gasteiger partial charge < -0.3 is 9.15 Å². The molecular weight excluding hydrogens is 197 g/mol. The van der Waals surface area contributed by atoms with E-state index in [0.717, 1.165) is 6.26 Å². The van der Waals surface area contributed by atoms with Gasteiger partial charge in [0.1, 0.15) is 12.0 Å². The predicted molar refractivity (Wildman–Crippen MR) is 41.7 cm³/mol. The quantitative estimate of drug-likeness (QED) is 0.707. The van der Waals surface area contributed by atoms with Crippen molar-refractivity contribution in [1.29, 1.82) is 0 Å². The van der Waals surface area contributed by atoms with Gasteiger partial charge in [0, 0.05) is 5.39 Å². The zero-order chi connectivity index (χ0) is 10.2. The standard InChI is InChI=1S/C9H4F3O2/c10-9(11,12)14-8-3-1-2-6-4-13-5-7(6)8/h1-3,5H. The van der Waals surface area contributed by atoms with Gasteiger partial charge in [-0.05, 0) is 6.07 Å². The van der Waals surface area contributed by atoms with Crippen molar-refractivity contribution in [2.75, 3.05) is 0 Å². The van der Waals surface area contributed by atoms with Crippen molar-refractivity contribution in [3.8, 4) is 5.75 Å². The summed E-state index contributed by atoms with van der Waals surface area (Å²) < 4.78 is 44.2. The Bertz CT molecular complexity index is 444. The molecule has 0 saturated heterocycles. The zero-order valence-corrected chi connectivity index (χ0v) is 6.76. The van der Waals surface area contributed by atoms with Gasteiger partial charge in [0.2, 0.25) is 0 Å². The summed E-state index contributed by atoms with van der Waals surface area (Å²) in [5, 5.41) is 0.705. The van der Waals surface area contributed by atoms with Crippen molar-refractivity contribution >= 4 is 10.8 Å². The summed E-state index contributed by atoms with van der Waals surface area (Å²) in [7, 11) is 0. The third-order valence-corrected chi connectivity index (χ3v) is 1.64. The van der Waals surface area contributed by atoms with Crippen molar-refractivity contribution in [2.45, 2.75) is 6.36 Å². The van der Waals surface area contributed by atoms with E-state index < -0.39 is 6.36 Å². The highest BCUT2D eigenvalue weighted by Gasteiger charge is 2.31. The van der Waals surface area contributed by atoms with Gasteiger partial charge in [-0.3, -0.25) is 0 Å². The highest BCUT2D eigenvalue weighted by Crippen LogP contribution is 2.30. The summed E-state index contributed by atoms with van der Waals surface area (Å²) in [6.07, 6.45) is -1.10. The van der Waals surface area contributed by atoms with Crippen LogP contribution in [0.15, 0.2) is 28.9 Å². The number of rotatable bonds is 1. The highest BCUT2D eigenvalue weighted by atomic mass is 19.4. The maximum Gasteiger partial charge on any atom is 0.573 e. The summed E-state index contributed by atoms with van der Waals surface area (Å²) in [6.45, 7) is 0. The largest absolute Gasteiger partial charge is 0.573 e. The van der Waals surface area contributed by atoms with Crippen LogP contribution in [0.25, 0.3) is 10.8 Å². The Balaban J connectivity index is 2.46. The fourth-order valence-electron chi connectivity index (χ4n) is 1.12. The molecule has 5 heteroatoms. The Hall–Kier alpha value is -1.65. The number of benzene rings is 1. The van der Waals surface area contributed by atoms with Gasteiger partial charge in [-0.15, -0.1) is 13.2 Å². The SMILES string of the molecule is FC(F)(F)Oc1cccc2[c]occ12. The molecule has 0 bridgehead atoms. The molecule has 0 aliphatic heterocycles. The van der Waals surface area contributed by atoms with Gasteiger partial charge in [-0.2, -0.15) is 0 Å². The minimum atomic E-state index is -4.69. The van der Waals surface area contributed by atoms with Crippen molar-refractivity contribution in [1.82, 2.24) is 0 Å². The lowest BCUT2D eigenvalue weighted by molar-refractivity contribution is -0.274. The Morgan fingerprint density at radius 2 is 2.07 bits per heavy atom. The summed E-state index contributed by atoms with van der Waals surface area (Å²) in [6, 6.07) is 4.25. The first-order valence-corrected chi connectivity index (χ1v) is 3.70. The minimum absolute atomic E-state index is 0.254. The first kappa shape index (κ1) is 8.93. The van der Waals surface area contributed by atoms with E-state index in [1.54, 1.807) is 6.07 Å². The highest BCUT2D eigenvalue weighted by molar-refractivity contribution is 5.86. The van der Waals surface area contributed by atoms with E-state index in [1.807, 2.05) is 0 Å². The molecule has 1 aromatic heterocycles. The number of furan rings is 1. The maximum atomic E-state index is 11.9. The van der Waals surface area contributed by atoms with E-state index in [1.165, 1.54) is 12.1 Å². The Kier molecular flexibility index (Phi) is 1.87. The summed E-state index contributed by atoms with van der Waals surface area (Å²) in [5.74, 6) is -0.278. The van der Waals surface area contributed by atoms with Crippen LogP contribution in [0.4, 0.5) is 13.2 Å². The summed E-state index contributed by atoms with van der Waals surface area (Å²) in [4.78, 5) is 0. The second-order valence-electron chi connectivity index (χ2n) is 2.60. The molecule has 0 fully saturated rings. The fourth-order valence-corrected chi connectivity index (χ4v) is 1.12. The van der Waals surface area contributed by atoms with E-state index in [0.29, 0.717) is 5.39 Å². The third kappa shape index (κ3) is 1.66. The number of ether oxygens (including phenoxy) is 1. The average Bonchev–Trinajstić information content (AvgIpc) is 2.49. The first-order chi connectivity index (χ1) is 6.56. The smallest absolute Gasteiger partial charge is 0.460 e. The monoisotopic (exact) mass is 201 g/mol. The number of halogens is 3. The molecule has 0 amide bonds. The average molecular weight is 201 g/mol. The molecule has 0 saturated carbocycles. The van der Waals surface area contributed by atoms with Crippen molar-refractivity contribution in [3.05, 3.63) is 30.7 Å². The third-order valence-electron chi connectivity index (χ3n) is 1.64. The molecule has 0 N–H and O–H groups in total. The molecule has 2 rings (SSSR count). The summed E-state index contributed by atoms with van der Waals surface area (Å²) >= 11 is 0. The van der Waals surface area contributed by atoms with Gasteiger partial charge >= 0.3 is 6.36 Å². The lowest BCUT2D eigenvalue weighted by Crippen LogP contribution is -2.17. The van der Waals surface area contributed by atoms with Crippen LogP contribution in [-0.4, -0.2) is 6.36 Å². The topological polar surface area (TPSA) is 22.4 Å². The summed E-state index contributed by atoms with van der Waals surface area (Å²) in [5.41, 5.74) is 0. The Labute approximate surface area is 76.9 Å². The van der Waals surface area contributed by atoms with Crippen LogP contribution in [0.2, 0.25) is 0 Å². The molecule has 0 aliphatic carbocycles. The molecule has 1 aromatic carbocycles. The van der Waals surface area contributed by atoms with Gasteiger partial charge in [0.15, 0.2) is 6.26 Å². The van der Waals surface area contributed by atoms with E-state index in [9.17, 15) is 13.2 Å². The van der Waals surface area contributed by atoms with Crippen molar-refractivity contribution in [3.63, 3.8) is 0 Å². The number of hydrogen-bond donors (Lipinski definition) is 0. The molecular formula is C9H4F3O2. The van der Waals surface area contributed by atoms with Crippen LogP contribution in [0, 0.1) is 6.26 Å². The molecule has 73 valence electrons. The molecule has 2 aromatic rings.